The first kappa shape index (κ1) is 31.2. The second-order valence-corrected chi connectivity index (χ2v) is 15.0. The van der Waals surface area contributed by atoms with E-state index in [4.69, 9.17) is 16.3 Å². The molecule has 0 radical (unpaired) electrons. The molecule has 42 heavy (non-hydrogen) atoms. The topological polar surface area (TPSA) is 81.7 Å². The Morgan fingerprint density at radius 1 is 1.17 bits per heavy atom. The van der Waals surface area contributed by atoms with Gasteiger partial charge in [-0.15, -0.1) is 0 Å². The molecule has 0 aromatic heterocycles. The summed E-state index contributed by atoms with van der Waals surface area (Å²) >= 11 is 4.89. The minimum absolute atomic E-state index is 0.116. The number of hydrogen-bond acceptors (Lipinski definition) is 5. The van der Waals surface area contributed by atoms with Gasteiger partial charge in [0.25, 0.3) is 5.91 Å². The summed E-state index contributed by atoms with van der Waals surface area (Å²) in [6.45, 7) is 10.4. The molecule has 1 N–H and O–H groups in total. The molecule has 6 unspecified atom stereocenters. The van der Waals surface area contributed by atoms with E-state index in [0.717, 1.165) is 74.5 Å². The molecule has 5 rings (SSSR count). The highest BCUT2D eigenvalue weighted by Crippen LogP contribution is 2.50. The summed E-state index contributed by atoms with van der Waals surface area (Å²) in [5.74, 6) is 1.38. The molecular formula is C34H45ClN2O4S. The molecule has 1 aliphatic carbocycles. The molecule has 0 spiro atoms. The van der Waals surface area contributed by atoms with E-state index in [1.807, 2.05) is 25.1 Å². The number of nitrogens with zero attached hydrogens (tertiary/aromatic N) is 1. The van der Waals surface area contributed by atoms with Crippen LogP contribution >= 0.6 is 11.6 Å². The largest absolute Gasteiger partial charge is 0.593 e. The number of halogens is 1. The number of anilines is 1. The fraction of sp³-hybridized carbons (Fsp3) is 0.588. The standard InChI is InChI=1S/C34H45ClN2O4S/c1-5-7-24-16-28(35)11-12-29(24)27-19-37-18-26-9-13-30(26)34(4,21-38)15-6-8-22(2)23(3)42(40)36-33(39)25-10-14-32(41-20-27)31(37)17-25/h10-12,14,16-17,21-23,26-27,30H,5-9,13,15,18-20H2,1-4H3,(H,36,39)/t22?,23?,26?,27?,30?,34-,42?/m1/s1. The first-order valence-electron chi connectivity index (χ1n) is 15.6. The zero-order chi connectivity index (χ0) is 30.0. The van der Waals surface area contributed by atoms with Gasteiger partial charge in [-0.3, -0.25) is 4.79 Å². The molecule has 6 nitrogen and oxygen atoms in total. The van der Waals surface area contributed by atoms with Gasteiger partial charge in [0.15, 0.2) is 0 Å². The number of nitrogens with one attached hydrogen (secondary N) is 1. The summed E-state index contributed by atoms with van der Waals surface area (Å²) in [5, 5.41) is 0.547. The van der Waals surface area contributed by atoms with Gasteiger partial charge < -0.3 is 19.0 Å². The predicted molar refractivity (Wildman–Crippen MR) is 171 cm³/mol. The van der Waals surface area contributed by atoms with Gasteiger partial charge >= 0.3 is 0 Å². The van der Waals surface area contributed by atoms with Gasteiger partial charge in [0, 0.05) is 40.9 Å². The average molecular weight is 613 g/mol. The van der Waals surface area contributed by atoms with Crippen LogP contribution in [0.2, 0.25) is 5.02 Å². The van der Waals surface area contributed by atoms with Crippen LogP contribution in [0, 0.1) is 23.2 Å². The summed E-state index contributed by atoms with van der Waals surface area (Å²) in [5.41, 5.74) is 3.48. The molecule has 228 valence electrons. The summed E-state index contributed by atoms with van der Waals surface area (Å²) in [7, 11) is 0. The highest BCUT2D eigenvalue weighted by Gasteiger charge is 2.45. The number of aryl methyl sites for hydroxylation is 1. The first-order chi connectivity index (χ1) is 20.1. The minimum atomic E-state index is -1.52. The van der Waals surface area contributed by atoms with Crippen molar-refractivity contribution in [2.45, 2.75) is 83.8 Å². The molecule has 1 fully saturated rings. The van der Waals surface area contributed by atoms with E-state index in [1.165, 1.54) is 17.4 Å². The van der Waals surface area contributed by atoms with E-state index < -0.39 is 11.4 Å². The molecule has 2 aliphatic heterocycles. The number of ether oxygens (including phenoxy) is 1. The molecule has 2 aromatic rings. The zero-order valence-electron chi connectivity index (χ0n) is 25.4. The molecule has 7 atom stereocenters. The maximum Gasteiger partial charge on any atom is 0.292 e. The Morgan fingerprint density at radius 3 is 2.69 bits per heavy atom. The monoisotopic (exact) mass is 612 g/mol. The maximum absolute atomic E-state index is 13.3. The van der Waals surface area contributed by atoms with Crippen LogP contribution in [0.25, 0.3) is 0 Å². The smallest absolute Gasteiger partial charge is 0.292 e. The second-order valence-electron chi connectivity index (χ2n) is 13.1. The number of benzene rings is 2. The quantitative estimate of drug-likeness (QED) is 0.294. The number of hydrogen-bond donors (Lipinski definition) is 1. The van der Waals surface area contributed by atoms with Gasteiger partial charge in [-0.05, 0) is 92.3 Å². The Balaban J connectivity index is 1.54. The molecule has 0 saturated heterocycles. The highest BCUT2D eigenvalue weighted by molar-refractivity contribution is 7.90. The van der Waals surface area contributed by atoms with Crippen LogP contribution in [0.5, 0.6) is 5.75 Å². The molecule has 1 amide bonds. The van der Waals surface area contributed by atoms with Crippen molar-refractivity contribution in [3.05, 3.63) is 58.1 Å². The second kappa shape index (κ2) is 13.2. The van der Waals surface area contributed by atoms with E-state index in [1.54, 1.807) is 6.07 Å². The van der Waals surface area contributed by atoms with Gasteiger partial charge in [-0.2, -0.15) is 4.72 Å². The van der Waals surface area contributed by atoms with Gasteiger partial charge in [0.2, 0.25) is 0 Å². The van der Waals surface area contributed by atoms with Gasteiger partial charge in [0.1, 0.15) is 17.3 Å². The Bertz CT molecular complexity index is 1290. The molecule has 3 aliphatic rings. The van der Waals surface area contributed by atoms with Crippen LogP contribution in [0.4, 0.5) is 5.69 Å². The average Bonchev–Trinajstić information content (AvgIpc) is 3.13. The highest BCUT2D eigenvalue weighted by atomic mass is 35.5. The van der Waals surface area contributed by atoms with Crippen molar-refractivity contribution in [1.82, 2.24) is 4.72 Å². The summed E-state index contributed by atoms with van der Waals surface area (Å²) in [4.78, 5) is 28.3. The number of carbonyl (C=O) groups excluding carboxylic acids is 2. The molecule has 2 bridgehead atoms. The molecule has 8 heteroatoms. The van der Waals surface area contributed by atoms with E-state index in [0.29, 0.717) is 24.0 Å². The van der Waals surface area contributed by atoms with Crippen molar-refractivity contribution in [2.24, 2.45) is 23.2 Å². The van der Waals surface area contributed by atoms with E-state index >= 15 is 0 Å². The van der Waals surface area contributed by atoms with Gasteiger partial charge in [-0.1, -0.05) is 51.3 Å². The number of rotatable bonds is 4. The third-order valence-corrected chi connectivity index (χ3v) is 12.0. The third-order valence-electron chi connectivity index (χ3n) is 10.2. The first-order valence-corrected chi connectivity index (χ1v) is 17.2. The van der Waals surface area contributed by atoms with Crippen LogP contribution in [0.3, 0.4) is 0 Å². The third kappa shape index (κ3) is 6.48. The fourth-order valence-electron chi connectivity index (χ4n) is 7.22. The fourth-order valence-corrected chi connectivity index (χ4v) is 8.46. The van der Waals surface area contributed by atoms with Crippen molar-refractivity contribution in [3.63, 3.8) is 0 Å². The Kier molecular flexibility index (Phi) is 9.80. The lowest BCUT2D eigenvalue weighted by atomic mass is 9.58. The Labute approximate surface area is 259 Å². The lowest BCUT2D eigenvalue weighted by molar-refractivity contribution is -0.123. The van der Waals surface area contributed by atoms with Crippen LogP contribution < -0.4 is 14.4 Å². The van der Waals surface area contributed by atoms with Gasteiger partial charge in [-0.25, -0.2) is 0 Å². The molecule has 2 aromatic carbocycles. The number of amides is 1. The van der Waals surface area contributed by atoms with E-state index in [9.17, 15) is 14.1 Å². The number of aldehydes is 1. The number of fused-ring (bicyclic) bond motifs is 2. The lowest BCUT2D eigenvalue weighted by Crippen LogP contribution is -2.47. The van der Waals surface area contributed by atoms with Crippen molar-refractivity contribution in [2.75, 3.05) is 24.6 Å². The van der Waals surface area contributed by atoms with Crippen LogP contribution in [-0.4, -0.2) is 41.7 Å². The molecule has 1 saturated carbocycles. The summed E-state index contributed by atoms with van der Waals surface area (Å²) < 4.78 is 22.4. The van der Waals surface area contributed by atoms with E-state index in [2.05, 4.69) is 42.5 Å². The van der Waals surface area contributed by atoms with Gasteiger partial charge in [0.05, 0.1) is 23.7 Å². The lowest BCUT2D eigenvalue weighted by Gasteiger charge is -2.48. The van der Waals surface area contributed by atoms with Crippen molar-refractivity contribution in [3.8, 4) is 5.75 Å². The van der Waals surface area contributed by atoms with Crippen LogP contribution in [0.15, 0.2) is 36.4 Å². The number of carbonyl (C=O) groups is 2. The predicted octanol–water partition coefficient (Wildman–Crippen LogP) is 7.11. The van der Waals surface area contributed by atoms with Crippen LogP contribution in [0.1, 0.15) is 93.6 Å². The zero-order valence-corrected chi connectivity index (χ0v) is 26.9. The Hall–Kier alpha value is -2.22. The summed E-state index contributed by atoms with van der Waals surface area (Å²) in [6, 6.07) is 11.7. The Morgan fingerprint density at radius 2 is 1.98 bits per heavy atom. The summed E-state index contributed by atoms with van der Waals surface area (Å²) in [6.07, 6.45) is 7.90. The van der Waals surface area contributed by atoms with E-state index in [-0.39, 0.29) is 28.4 Å². The normalized spacial score (nSPS) is 32.0. The minimum Gasteiger partial charge on any atom is -0.593 e. The van der Waals surface area contributed by atoms with Crippen molar-refractivity contribution < 1.29 is 18.9 Å². The SMILES string of the molecule is CCCc1cc(Cl)ccc1C1COc2ccc3cc2N(C1)CC1CCC1[C@@](C)(C=O)CCCC(C)C(C)[S+]([O-])NC3=O. The molecular weight excluding hydrogens is 568 g/mol. The molecule has 2 heterocycles. The van der Waals surface area contributed by atoms with Crippen LogP contribution in [-0.2, 0) is 22.6 Å². The van der Waals surface area contributed by atoms with Crippen molar-refractivity contribution in [1.29, 1.82) is 0 Å². The maximum atomic E-state index is 13.3. The van der Waals surface area contributed by atoms with Crippen molar-refractivity contribution >= 4 is 40.8 Å².